The molecule has 1 atom stereocenters. The monoisotopic (exact) mass is 244 g/mol. The molecule has 2 aliphatic carbocycles. The average Bonchev–Trinajstić information content (AvgIpc) is 2.30. The molecule has 0 bridgehead atoms. The van der Waals surface area contributed by atoms with Gasteiger partial charge in [-0.3, -0.25) is 0 Å². The molecule has 1 unspecified atom stereocenters. The van der Waals surface area contributed by atoms with Crippen LogP contribution in [0.4, 0.5) is 0 Å². The Kier molecular flexibility index (Phi) is 4.83. The van der Waals surface area contributed by atoms with E-state index in [0.717, 1.165) is 22.7 Å². The zero-order valence-electron chi connectivity index (χ0n) is 9.91. The molecular formula is C13H25PS. The average molecular weight is 244 g/mol. The second kappa shape index (κ2) is 5.92. The van der Waals surface area contributed by atoms with Gasteiger partial charge in [-0.05, 0) is 75.5 Å². The lowest BCUT2D eigenvalue weighted by Crippen LogP contribution is -2.26. The molecule has 0 amide bonds. The summed E-state index contributed by atoms with van der Waals surface area (Å²) in [5, 5.41) is 0.717. The summed E-state index contributed by atoms with van der Waals surface area (Å²) in [6.45, 7) is 2.39. The Bertz CT molecular complexity index is 179. The third-order valence-electron chi connectivity index (χ3n) is 4.59. The molecule has 88 valence electrons. The number of thiol groups is 1. The van der Waals surface area contributed by atoms with E-state index in [4.69, 9.17) is 0 Å². The Morgan fingerprint density at radius 1 is 0.800 bits per heavy atom. The first-order valence-corrected chi connectivity index (χ1v) is 8.74. The molecule has 0 aromatic heterocycles. The van der Waals surface area contributed by atoms with Gasteiger partial charge in [-0.2, -0.15) is 12.6 Å². The predicted octanol–water partition coefficient (Wildman–Crippen LogP) is 4.34. The second-order valence-corrected chi connectivity index (χ2v) is 7.59. The van der Waals surface area contributed by atoms with Crippen molar-refractivity contribution in [2.45, 2.75) is 62.3 Å². The van der Waals surface area contributed by atoms with Crippen LogP contribution in [0.5, 0.6) is 0 Å². The van der Waals surface area contributed by atoms with Crippen molar-refractivity contribution in [2.75, 3.05) is 6.66 Å². The third-order valence-corrected chi connectivity index (χ3v) is 6.50. The Morgan fingerprint density at radius 3 is 1.73 bits per heavy atom. The van der Waals surface area contributed by atoms with Crippen molar-refractivity contribution in [3.8, 4) is 0 Å². The topological polar surface area (TPSA) is 0 Å². The highest BCUT2D eigenvalue weighted by atomic mass is 32.1. The molecule has 0 saturated heterocycles. The van der Waals surface area contributed by atoms with E-state index in [2.05, 4.69) is 19.3 Å². The van der Waals surface area contributed by atoms with Gasteiger partial charge in [-0.1, -0.05) is 0 Å². The minimum atomic E-state index is 0.717. The summed E-state index contributed by atoms with van der Waals surface area (Å²) in [4.78, 5) is 0. The molecule has 0 radical (unpaired) electrons. The normalized spacial score (nSPS) is 43.6. The molecule has 2 heteroatoms. The van der Waals surface area contributed by atoms with Crippen molar-refractivity contribution >= 4 is 21.2 Å². The molecule has 2 saturated carbocycles. The summed E-state index contributed by atoms with van der Waals surface area (Å²) in [5.41, 5.74) is 1.09. The van der Waals surface area contributed by atoms with Gasteiger partial charge < -0.3 is 0 Å². The smallest absolute Gasteiger partial charge is 0.00170 e. The van der Waals surface area contributed by atoms with E-state index >= 15 is 0 Å². The van der Waals surface area contributed by atoms with Gasteiger partial charge in [0.05, 0.1) is 0 Å². The van der Waals surface area contributed by atoms with Gasteiger partial charge in [-0.15, -0.1) is 8.58 Å². The van der Waals surface area contributed by atoms with Crippen molar-refractivity contribution in [3.63, 3.8) is 0 Å². The molecule has 2 rings (SSSR count). The Labute approximate surface area is 102 Å². The standard InChI is InChI=1S/C13H25PS/c1-14-12-6-2-10(3-7-12)11-4-8-13(15)9-5-11/h10-15H,2-9H2,1H3. The quantitative estimate of drug-likeness (QED) is 0.542. The van der Waals surface area contributed by atoms with Crippen LogP contribution in [-0.2, 0) is 0 Å². The van der Waals surface area contributed by atoms with E-state index in [0.29, 0.717) is 0 Å². The van der Waals surface area contributed by atoms with E-state index in [1.54, 1.807) is 0 Å². The van der Waals surface area contributed by atoms with Crippen LogP contribution >= 0.6 is 21.2 Å². The van der Waals surface area contributed by atoms with E-state index in [1.165, 1.54) is 59.9 Å². The first kappa shape index (κ1) is 12.2. The van der Waals surface area contributed by atoms with Crippen molar-refractivity contribution in [3.05, 3.63) is 0 Å². The maximum Gasteiger partial charge on any atom is 0.00170 e. The van der Waals surface area contributed by atoms with Crippen LogP contribution in [0.2, 0.25) is 0 Å². The van der Waals surface area contributed by atoms with E-state index < -0.39 is 0 Å². The molecule has 2 aliphatic rings. The Morgan fingerprint density at radius 2 is 1.27 bits per heavy atom. The molecule has 2 fully saturated rings. The van der Waals surface area contributed by atoms with Crippen LogP contribution in [0.1, 0.15) is 51.4 Å². The van der Waals surface area contributed by atoms with Gasteiger partial charge >= 0.3 is 0 Å². The molecule has 0 N–H and O–H groups in total. The van der Waals surface area contributed by atoms with E-state index in [-0.39, 0.29) is 0 Å². The maximum absolute atomic E-state index is 4.60. The highest BCUT2D eigenvalue weighted by Crippen LogP contribution is 2.42. The van der Waals surface area contributed by atoms with Crippen molar-refractivity contribution in [2.24, 2.45) is 11.8 Å². The number of hydrogen-bond acceptors (Lipinski definition) is 1. The van der Waals surface area contributed by atoms with Gasteiger partial charge in [0, 0.05) is 5.25 Å². The minimum absolute atomic E-state index is 0.717. The van der Waals surface area contributed by atoms with Crippen molar-refractivity contribution < 1.29 is 0 Å². The minimum Gasteiger partial charge on any atom is -0.176 e. The van der Waals surface area contributed by atoms with E-state index in [9.17, 15) is 0 Å². The lowest BCUT2D eigenvalue weighted by molar-refractivity contribution is 0.201. The predicted molar refractivity (Wildman–Crippen MR) is 74.7 cm³/mol. The molecule has 0 heterocycles. The van der Waals surface area contributed by atoms with Crippen LogP contribution in [0.3, 0.4) is 0 Å². The fourth-order valence-corrected chi connectivity index (χ4v) is 4.66. The van der Waals surface area contributed by atoms with Gasteiger partial charge in [0.2, 0.25) is 0 Å². The number of rotatable bonds is 2. The first-order valence-electron chi connectivity index (χ1n) is 6.65. The van der Waals surface area contributed by atoms with Gasteiger partial charge in [0.1, 0.15) is 0 Å². The van der Waals surface area contributed by atoms with Gasteiger partial charge in [-0.25, -0.2) is 0 Å². The molecule has 0 nitrogen and oxygen atoms in total. The molecule has 0 aliphatic heterocycles. The zero-order chi connectivity index (χ0) is 10.7. The van der Waals surface area contributed by atoms with Crippen LogP contribution in [0, 0.1) is 11.8 Å². The number of hydrogen-bond donors (Lipinski definition) is 1. The van der Waals surface area contributed by atoms with Gasteiger partial charge in [0.25, 0.3) is 0 Å². The fraction of sp³-hybridized carbons (Fsp3) is 1.00. The largest absolute Gasteiger partial charge is 0.176 e. The zero-order valence-corrected chi connectivity index (χ0v) is 11.8. The Hall–Kier alpha value is 0.780. The summed E-state index contributed by atoms with van der Waals surface area (Å²) in [6, 6.07) is 0. The molecule has 15 heavy (non-hydrogen) atoms. The maximum atomic E-state index is 4.60. The molecule has 0 aromatic rings. The highest BCUT2D eigenvalue weighted by molar-refractivity contribution is 7.80. The molecular weight excluding hydrogens is 219 g/mol. The Balaban J connectivity index is 1.75. The van der Waals surface area contributed by atoms with Crippen molar-refractivity contribution in [1.29, 1.82) is 0 Å². The summed E-state index contributed by atoms with van der Waals surface area (Å²) < 4.78 is 0. The summed E-state index contributed by atoms with van der Waals surface area (Å²) >= 11 is 4.60. The lowest BCUT2D eigenvalue weighted by atomic mass is 9.73. The van der Waals surface area contributed by atoms with E-state index in [1.807, 2.05) is 0 Å². The first-order chi connectivity index (χ1) is 7.29. The van der Waals surface area contributed by atoms with Gasteiger partial charge in [0.15, 0.2) is 0 Å². The van der Waals surface area contributed by atoms with Crippen LogP contribution in [0.15, 0.2) is 0 Å². The SMILES string of the molecule is CPC1CCC(C2CCC(S)CC2)CC1. The summed E-state index contributed by atoms with van der Waals surface area (Å²) in [5.74, 6) is 2.15. The van der Waals surface area contributed by atoms with Crippen LogP contribution in [0.25, 0.3) is 0 Å². The van der Waals surface area contributed by atoms with Crippen LogP contribution in [-0.4, -0.2) is 17.6 Å². The fourth-order valence-electron chi connectivity index (χ4n) is 3.45. The second-order valence-electron chi connectivity index (χ2n) is 5.47. The lowest BCUT2D eigenvalue weighted by Gasteiger charge is -2.36. The van der Waals surface area contributed by atoms with Crippen LogP contribution < -0.4 is 0 Å². The summed E-state index contributed by atoms with van der Waals surface area (Å²) in [6.07, 6.45) is 11.8. The highest BCUT2D eigenvalue weighted by Gasteiger charge is 2.29. The van der Waals surface area contributed by atoms with Crippen molar-refractivity contribution in [1.82, 2.24) is 0 Å². The molecule has 0 aromatic carbocycles. The summed E-state index contributed by atoms with van der Waals surface area (Å²) in [7, 11) is 1.19. The molecule has 0 spiro atoms. The third kappa shape index (κ3) is 3.37.